The first-order valence-corrected chi connectivity index (χ1v) is 9.39. The molecule has 1 unspecified atom stereocenters. The molecule has 0 spiro atoms. The Labute approximate surface area is 156 Å². The maximum absolute atomic E-state index is 12.0. The van der Waals surface area contributed by atoms with Gasteiger partial charge in [-0.05, 0) is 59.6 Å². The highest BCUT2D eigenvalue weighted by atomic mass is 16.2. The van der Waals surface area contributed by atoms with E-state index in [9.17, 15) is 4.79 Å². The lowest BCUT2D eigenvalue weighted by atomic mass is 9.87. The summed E-state index contributed by atoms with van der Waals surface area (Å²) >= 11 is 0. The Balaban J connectivity index is 1.88. The van der Waals surface area contributed by atoms with Crippen molar-refractivity contribution in [3.05, 3.63) is 66.2 Å². The second-order valence-corrected chi connectivity index (χ2v) is 7.28. The van der Waals surface area contributed by atoms with Crippen LogP contribution in [0.4, 0.5) is 5.69 Å². The SMILES string of the molecule is C=CCCCc1ccc(-c2ccc3c(c2)C(N)[C@H](C)CN3C(C)=O)cc1. The van der Waals surface area contributed by atoms with Gasteiger partial charge in [0.1, 0.15) is 0 Å². The third-order valence-corrected chi connectivity index (χ3v) is 5.30. The monoisotopic (exact) mass is 348 g/mol. The van der Waals surface area contributed by atoms with E-state index >= 15 is 0 Å². The highest BCUT2D eigenvalue weighted by molar-refractivity contribution is 5.93. The molecule has 0 radical (unpaired) electrons. The maximum Gasteiger partial charge on any atom is 0.223 e. The molecule has 2 aromatic rings. The summed E-state index contributed by atoms with van der Waals surface area (Å²) in [6.45, 7) is 8.18. The van der Waals surface area contributed by atoms with E-state index in [1.807, 2.05) is 17.0 Å². The summed E-state index contributed by atoms with van der Waals surface area (Å²) in [4.78, 5) is 13.8. The molecule has 1 heterocycles. The largest absolute Gasteiger partial charge is 0.324 e. The number of nitrogens with two attached hydrogens (primary N) is 1. The standard InChI is InChI=1S/C23H28N2O/c1-4-5-6-7-18-8-10-19(11-9-18)20-12-13-22-21(14-20)23(24)16(2)15-25(22)17(3)26/h4,8-14,16,23H,1,5-7,15,24H2,2-3H3/t16-,23?/m1/s1. The number of unbranched alkanes of at least 4 members (excludes halogenated alkanes) is 1. The van der Waals surface area contributed by atoms with Crippen molar-refractivity contribution in [2.45, 2.75) is 39.2 Å². The van der Waals surface area contributed by atoms with Crippen LogP contribution in [0.15, 0.2) is 55.1 Å². The van der Waals surface area contributed by atoms with Gasteiger partial charge in [-0.15, -0.1) is 6.58 Å². The fraction of sp³-hybridized carbons (Fsp3) is 0.348. The van der Waals surface area contributed by atoms with Crippen LogP contribution in [0, 0.1) is 5.92 Å². The number of rotatable bonds is 5. The number of anilines is 1. The van der Waals surface area contributed by atoms with Gasteiger partial charge in [0.2, 0.25) is 5.91 Å². The summed E-state index contributed by atoms with van der Waals surface area (Å²) in [5, 5.41) is 0. The highest BCUT2D eigenvalue weighted by Gasteiger charge is 2.30. The molecule has 3 heteroatoms. The summed E-state index contributed by atoms with van der Waals surface area (Å²) in [6.07, 6.45) is 5.23. The maximum atomic E-state index is 12.0. The second-order valence-electron chi connectivity index (χ2n) is 7.28. The van der Waals surface area contributed by atoms with Crippen molar-refractivity contribution in [1.82, 2.24) is 0 Å². The third-order valence-electron chi connectivity index (χ3n) is 5.30. The Hall–Kier alpha value is -2.39. The summed E-state index contributed by atoms with van der Waals surface area (Å²) in [5.74, 6) is 0.315. The van der Waals surface area contributed by atoms with Gasteiger partial charge in [-0.25, -0.2) is 0 Å². The Kier molecular flexibility index (Phi) is 5.58. The van der Waals surface area contributed by atoms with Gasteiger partial charge in [-0.2, -0.15) is 0 Å². The average Bonchev–Trinajstić information content (AvgIpc) is 2.65. The van der Waals surface area contributed by atoms with Crippen LogP contribution in [-0.4, -0.2) is 12.5 Å². The molecule has 136 valence electrons. The van der Waals surface area contributed by atoms with Crippen LogP contribution < -0.4 is 10.6 Å². The molecule has 0 aromatic heterocycles. The first-order chi connectivity index (χ1) is 12.5. The Morgan fingerprint density at radius 3 is 2.58 bits per heavy atom. The molecular formula is C23H28N2O. The Bertz CT molecular complexity index is 794. The molecule has 3 rings (SSSR count). The first-order valence-electron chi connectivity index (χ1n) is 9.39. The van der Waals surface area contributed by atoms with Gasteiger partial charge in [-0.3, -0.25) is 4.79 Å². The molecule has 2 atom stereocenters. The van der Waals surface area contributed by atoms with E-state index < -0.39 is 0 Å². The Morgan fingerprint density at radius 1 is 1.23 bits per heavy atom. The number of aryl methyl sites for hydroxylation is 1. The molecular weight excluding hydrogens is 320 g/mol. The van der Waals surface area contributed by atoms with E-state index in [-0.39, 0.29) is 17.9 Å². The van der Waals surface area contributed by atoms with E-state index in [2.05, 4.69) is 49.9 Å². The van der Waals surface area contributed by atoms with E-state index in [1.165, 1.54) is 11.1 Å². The Morgan fingerprint density at radius 2 is 1.92 bits per heavy atom. The molecule has 2 N–H and O–H groups in total. The van der Waals surface area contributed by atoms with Crippen LogP contribution in [0.3, 0.4) is 0 Å². The van der Waals surface area contributed by atoms with Crippen molar-refractivity contribution >= 4 is 11.6 Å². The lowest BCUT2D eigenvalue weighted by Crippen LogP contribution is -2.42. The van der Waals surface area contributed by atoms with Gasteiger partial charge in [0.05, 0.1) is 0 Å². The second kappa shape index (κ2) is 7.88. The van der Waals surface area contributed by atoms with Gasteiger partial charge in [0, 0.05) is 25.2 Å². The molecule has 3 nitrogen and oxygen atoms in total. The third kappa shape index (κ3) is 3.73. The molecule has 1 amide bonds. The van der Waals surface area contributed by atoms with Crippen LogP contribution in [0.25, 0.3) is 11.1 Å². The van der Waals surface area contributed by atoms with E-state index in [0.717, 1.165) is 36.1 Å². The number of hydrogen-bond donors (Lipinski definition) is 1. The molecule has 26 heavy (non-hydrogen) atoms. The summed E-state index contributed by atoms with van der Waals surface area (Å²) in [5.41, 5.74) is 12.1. The number of fused-ring (bicyclic) bond motifs is 1. The van der Waals surface area contributed by atoms with Crippen LogP contribution in [0.2, 0.25) is 0 Å². The quantitative estimate of drug-likeness (QED) is 0.619. The zero-order chi connectivity index (χ0) is 18.7. The number of hydrogen-bond acceptors (Lipinski definition) is 2. The molecule has 0 fully saturated rings. The van der Waals surface area contributed by atoms with Crippen molar-refractivity contribution in [2.75, 3.05) is 11.4 Å². The molecule has 1 aliphatic rings. The lowest BCUT2D eigenvalue weighted by Gasteiger charge is -2.37. The normalized spacial score (nSPS) is 19.1. The number of allylic oxidation sites excluding steroid dienone is 1. The molecule has 0 saturated heterocycles. The molecule has 0 aliphatic carbocycles. The number of nitrogens with zero attached hydrogens (tertiary/aromatic N) is 1. The predicted molar refractivity (Wildman–Crippen MR) is 109 cm³/mol. The van der Waals surface area contributed by atoms with Crippen LogP contribution >= 0.6 is 0 Å². The minimum absolute atomic E-state index is 0.0428. The number of carbonyl (C=O) groups is 1. The number of benzene rings is 2. The van der Waals surface area contributed by atoms with Crippen molar-refractivity contribution < 1.29 is 4.79 Å². The van der Waals surface area contributed by atoms with Crippen LogP contribution in [0.5, 0.6) is 0 Å². The van der Waals surface area contributed by atoms with Crippen molar-refractivity contribution in [3.8, 4) is 11.1 Å². The molecule has 0 saturated carbocycles. The molecule has 0 bridgehead atoms. The number of carbonyl (C=O) groups excluding carboxylic acids is 1. The zero-order valence-electron chi connectivity index (χ0n) is 15.7. The van der Waals surface area contributed by atoms with Gasteiger partial charge < -0.3 is 10.6 Å². The van der Waals surface area contributed by atoms with Crippen LogP contribution in [-0.2, 0) is 11.2 Å². The van der Waals surface area contributed by atoms with E-state index in [1.54, 1.807) is 6.92 Å². The average molecular weight is 348 g/mol. The topological polar surface area (TPSA) is 46.3 Å². The van der Waals surface area contributed by atoms with Crippen molar-refractivity contribution in [1.29, 1.82) is 0 Å². The summed E-state index contributed by atoms with van der Waals surface area (Å²) in [7, 11) is 0. The van der Waals surface area contributed by atoms with E-state index in [0.29, 0.717) is 6.54 Å². The van der Waals surface area contributed by atoms with Gasteiger partial charge >= 0.3 is 0 Å². The first kappa shape index (κ1) is 18.4. The van der Waals surface area contributed by atoms with Crippen molar-refractivity contribution in [2.24, 2.45) is 11.7 Å². The summed E-state index contributed by atoms with van der Waals surface area (Å²) in [6, 6.07) is 15.0. The fourth-order valence-corrected chi connectivity index (χ4v) is 3.67. The lowest BCUT2D eigenvalue weighted by molar-refractivity contribution is -0.116. The smallest absolute Gasteiger partial charge is 0.223 e. The molecule has 2 aromatic carbocycles. The number of amides is 1. The minimum Gasteiger partial charge on any atom is -0.324 e. The minimum atomic E-state index is -0.0428. The van der Waals surface area contributed by atoms with Gasteiger partial charge in [0.15, 0.2) is 0 Å². The zero-order valence-corrected chi connectivity index (χ0v) is 15.7. The molecule has 1 aliphatic heterocycles. The predicted octanol–water partition coefficient (Wildman–Crippen LogP) is 4.86. The summed E-state index contributed by atoms with van der Waals surface area (Å²) < 4.78 is 0. The van der Waals surface area contributed by atoms with Crippen LogP contribution in [0.1, 0.15) is 43.9 Å². The highest BCUT2D eigenvalue weighted by Crippen LogP contribution is 2.38. The van der Waals surface area contributed by atoms with Crippen molar-refractivity contribution in [3.63, 3.8) is 0 Å². The fourth-order valence-electron chi connectivity index (χ4n) is 3.67. The van der Waals surface area contributed by atoms with Gasteiger partial charge in [0.25, 0.3) is 0 Å². The van der Waals surface area contributed by atoms with Gasteiger partial charge in [-0.1, -0.05) is 43.3 Å². The van der Waals surface area contributed by atoms with E-state index in [4.69, 9.17) is 5.73 Å².